The molecule has 0 atom stereocenters. The molecule has 30 heavy (non-hydrogen) atoms. The average Bonchev–Trinajstić information content (AvgIpc) is 3.39. The molecule has 0 aliphatic rings. The second-order valence-corrected chi connectivity index (χ2v) is 7.01. The number of hydrogen-bond acceptors (Lipinski definition) is 6. The second-order valence-electron chi connectivity index (χ2n) is 7.01. The van der Waals surface area contributed by atoms with E-state index in [9.17, 15) is 0 Å². The van der Waals surface area contributed by atoms with Crippen LogP contribution in [-0.4, -0.2) is 26.3 Å². The van der Waals surface area contributed by atoms with Crippen molar-refractivity contribution in [2.45, 2.75) is 20.1 Å². The number of rotatable bonds is 6. The number of hydrogen-bond donors (Lipinski definition) is 1. The molecule has 0 unspecified atom stereocenters. The highest BCUT2D eigenvalue weighted by molar-refractivity contribution is 6.06. The predicted molar refractivity (Wildman–Crippen MR) is 116 cm³/mol. The van der Waals surface area contributed by atoms with E-state index in [-0.39, 0.29) is 0 Å². The van der Waals surface area contributed by atoms with E-state index in [1.807, 2.05) is 67.6 Å². The minimum Gasteiger partial charge on any atom is -0.382 e. The highest BCUT2D eigenvalue weighted by atomic mass is 16.5. The van der Waals surface area contributed by atoms with Gasteiger partial charge in [-0.3, -0.25) is 0 Å². The molecule has 0 fully saturated rings. The van der Waals surface area contributed by atoms with Crippen LogP contribution in [0.3, 0.4) is 0 Å². The number of ether oxygens (including phenoxy) is 1. The Morgan fingerprint density at radius 3 is 2.67 bits per heavy atom. The van der Waals surface area contributed by atoms with Gasteiger partial charge in [-0.15, -0.1) is 0 Å². The Balaban J connectivity index is 1.64. The normalized spacial score (nSPS) is 11.5. The quantitative estimate of drug-likeness (QED) is 0.455. The number of fused-ring (bicyclic) bond motifs is 3. The van der Waals surface area contributed by atoms with Crippen LogP contribution in [0.15, 0.2) is 65.2 Å². The Bertz CT molecular complexity index is 1320. The van der Waals surface area contributed by atoms with Crippen LogP contribution in [-0.2, 0) is 17.9 Å². The Morgan fingerprint density at radius 1 is 1.03 bits per heavy atom. The van der Waals surface area contributed by atoms with Gasteiger partial charge >= 0.3 is 0 Å². The van der Waals surface area contributed by atoms with Gasteiger partial charge in [0.25, 0.3) is 0 Å². The molecule has 0 spiro atoms. The van der Waals surface area contributed by atoms with Gasteiger partial charge in [-0.25, -0.2) is 9.97 Å². The van der Waals surface area contributed by atoms with Gasteiger partial charge in [0.15, 0.2) is 11.6 Å². The summed E-state index contributed by atoms with van der Waals surface area (Å²) in [5.41, 5.74) is 10.5. The van der Waals surface area contributed by atoms with Crippen molar-refractivity contribution in [3.8, 4) is 11.3 Å². The third-order valence-corrected chi connectivity index (χ3v) is 5.06. The van der Waals surface area contributed by atoms with E-state index in [0.29, 0.717) is 31.1 Å². The molecule has 7 heteroatoms. The summed E-state index contributed by atoms with van der Waals surface area (Å²) in [6.07, 6.45) is 0. The van der Waals surface area contributed by atoms with Gasteiger partial charge in [0.2, 0.25) is 0 Å². The Labute approximate surface area is 173 Å². The van der Waals surface area contributed by atoms with Crippen molar-refractivity contribution in [2.24, 2.45) is 0 Å². The molecule has 0 aliphatic heterocycles. The first kappa shape index (κ1) is 18.3. The maximum atomic E-state index is 6.24. The number of pyridine rings is 1. The summed E-state index contributed by atoms with van der Waals surface area (Å²) in [7, 11) is 0. The summed E-state index contributed by atoms with van der Waals surface area (Å²) in [6, 6.07) is 19.8. The maximum Gasteiger partial charge on any atom is 0.167 e. The number of aromatic nitrogens is 4. The first-order valence-electron chi connectivity index (χ1n) is 9.86. The first-order valence-corrected chi connectivity index (χ1v) is 9.86. The van der Waals surface area contributed by atoms with Gasteiger partial charge < -0.3 is 19.6 Å². The van der Waals surface area contributed by atoms with E-state index in [1.54, 1.807) is 0 Å². The molecular formula is C23H21N5O2. The number of anilines is 1. The molecule has 5 rings (SSSR count). The van der Waals surface area contributed by atoms with Crippen LogP contribution in [0.2, 0.25) is 0 Å². The number of para-hydroxylation sites is 1. The van der Waals surface area contributed by atoms with Gasteiger partial charge in [0.05, 0.1) is 17.6 Å². The fraction of sp³-hybridized carbons (Fsp3) is 0.174. The zero-order valence-corrected chi connectivity index (χ0v) is 16.6. The average molecular weight is 399 g/mol. The minimum atomic E-state index is 0.377. The highest BCUT2D eigenvalue weighted by Crippen LogP contribution is 2.30. The molecule has 3 heterocycles. The van der Waals surface area contributed by atoms with Crippen LogP contribution in [0.1, 0.15) is 18.4 Å². The van der Waals surface area contributed by atoms with Crippen LogP contribution in [0.4, 0.5) is 5.82 Å². The Morgan fingerprint density at radius 2 is 1.83 bits per heavy atom. The lowest BCUT2D eigenvalue weighted by molar-refractivity contribution is 0.126. The van der Waals surface area contributed by atoms with Gasteiger partial charge in [0.1, 0.15) is 23.6 Å². The SMILES string of the molecule is CCOCc1nc2c(N)nc3ccccc3c2n1Cc1cc(-c2ccccc2)on1. The molecule has 150 valence electrons. The van der Waals surface area contributed by atoms with Gasteiger partial charge in [-0.05, 0) is 13.0 Å². The van der Waals surface area contributed by atoms with Crippen molar-refractivity contribution in [2.75, 3.05) is 12.3 Å². The molecule has 7 nitrogen and oxygen atoms in total. The highest BCUT2D eigenvalue weighted by Gasteiger charge is 2.19. The predicted octanol–water partition coefficient (Wildman–Crippen LogP) is 4.41. The largest absolute Gasteiger partial charge is 0.382 e. The van der Waals surface area contributed by atoms with Gasteiger partial charge in [-0.2, -0.15) is 0 Å². The molecule has 0 aliphatic carbocycles. The molecule has 0 saturated heterocycles. The fourth-order valence-electron chi connectivity index (χ4n) is 3.67. The van der Waals surface area contributed by atoms with E-state index in [1.165, 1.54) is 0 Å². The lowest BCUT2D eigenvalue weighted by Crippen LogP contribution is -2.07. The standard InChI is InChI=1S/C23H21N5O2/c1-2-29-14-20-26-21-22(17-10-6-7-11-18(17)25-23(21)24)28(20)13-16-12-19(30-27-16)15-8-4-3-5-9-15/h3-12H,2,13-14H2,1H3,(H2,24,25). The van der Waals surface area contributed by atoms with Crippen LogP contribution in [0.25, 0.3) is 33.3 Å². The summed E-state index contributed by atoms with van der Waals surface area (Å²) in [6.45, 7) is 3.42. The summed E-state index contributed by atoms with van der Waals surface area (Å²) < 4.78 is 13.4. The Hall–Kier alpha value is -3.71. The van der Waals surface area contributed by atoms with Gasteiger partial charge in [-0.1, -0.05) is 53.7 Å². The molecule has 2 aromatic carbocycles. The van der Waals surface area contributed by atoms with E-state index in [2.05, 4.69) is 14.7 Å². The smallest absolute Gasteiger partial charge is 0.167 e. The topological polar surface area (TPSA) is 92.0 Å². The van der Waals surface area contributed by atoms with E-state index < -0.39 is 0 Å². The number of benzene rings is 2. The lowest BCUT2D eigenvalue weighted by Gasteiger charge is -2.09. The van der Waals surface area contributed by atoms with Crippen molar-refractivity contribution in [1.82, 2.24) is 19.7 Å². The number of nitrogen functional groups attached to an aromatic ring is 1. The minimum absolute atomic E-state index is 0.377. The summed E-state index contributed by atoms with van der Waals surface area (Å²) >= 11 is 0. The van der Waals surface area contributed by atoms with E-state index >= 15 is 0 Å². The summed E-state index contributed by atoms with van der Waals surface area (Å²) in [5, 5.41) is 5.28. The monoisotopic (exact) mass is 399 g/mol. The van der Waals surface area contributed by atoms with Crippen molar-refractivity contribution in [3.05, 3.63) is 72.2 Å². The summed E-state index contributed by atoms with van der Waals surface area (Å²) in [5.74, 6) is 1.92. The molecule has 3 aromatic heterocycles. The third-order valence-electron chi connectivity index (χ3n) is 5.06. The van der Waals surface area contributed by atoms with Crippen LogP contribution >= 0.6 is 0 Å². The molecule has 5 aromatic rings. The van der Waals surface area contributed by atoms with Crippen molar-refractivity contribution in [1.29, 1.82) is 0 Å². The van der Waals surface area contributed by atoms with Crippen LogP contribution in [0, 0.1) is 0 Å². The molecule has 2 N–H and O–H groups in total. The maximum absolute atomic E-state index is 6.24. The Kier molecular flexibility index (Phi) is 4.65. The van der Waals surface area contributed by atoms with Crippen molar-refractivity contribution < 1.29 is 9.26 Å². The zero-order valence-electron chi connectivity index (χ0n) is 16.6. The third kappa shape index (κ3) is 3.19. The van der Waals surface area contributed by atoms with Crippen molar-refractivity contribution in [3.63, 3.8) is 0 Å². The molecule has 0 bridgehead atoms. The van der Waals surface area contributed by atoms with E-state index in [4.69, 9.17) is 20.0 Å². The first-order chi connectivity index (χ1) is 14.7. The fourth-order valence-corrected chi connectivity index (χ4v) is 3.67. The zero-order chi connectivity index (χ0) is 20.5. The second kappa shape index (κ2) is 7.61. The van der Waals surface area contributed by atoms with Crippen molar-refractivity contribution >= 4 is 27.8 Å². The number of nitrogens with two attached hydrogens (primary N) is 1. The summed E-state index contributed by atoms with van der Waals surface area (Å²) in [4.78, 5) is 9.27. The molecular weight excluding hydrogens is 378 g/mol. The molecule has 0 amide bonds. The molecule has 0 radical (unpaired) electrons. The molecule has 0 saturated carbocycles. The van der Waals surface area contributed by atoms with Crippen LogP contribution in [0.5, 0.6) is 0 Å². The van der Waals surface area contributed by atoms with Gasteiger partial charge in [0, 0.05) is 23.6 Å². The van der Waals surface area contributed by atoms with E-state index in [0.717, 1.165) is 39.3 Å². The van der Waals surface area contributed by atoms with Crippen LogP contribution < -0.4 is 5.73 Å². The number of imidazole rings is 1. The number of nitrogens with zero attached hydrogens (tertiary/aromatic N) is 4. The lowest BCUT2D eigenvalue weighted by atomic mass is 10.1.